The molecule has 0 bridgehead atoms. The van der Waals surface area contributed by atoms with E-state index in [2.05, 4.69) is 0 Å². The number of aryl methyl sites for hydroxylation is 3. The number of halogens is 2. The normalized spacial score (nSPS) is 13.1. The Balaban J connectivity index is 0.000000174. The van der Waals surface area contributed by atoms with Crippen LogP contribution in [0, 0.1) is 38.4 Å². The minimum Gasteiger partial charge on any atom is -0.497 e. The lowest BCUT2D eigenvalue weighted by Crippen LogP contribution is -2.36. The highest BCUT2D eigenvalue weighted by Gasteiger charge is 2.35. The monoisotopic (exact) mass is 2100 g/mol. The maximum absolute atomic E-state index is 13.4. The van der Waals surface area contributed by atoms with Crippen molar-refractivity contribution < 1.29 is 110 Å². The number of carboxylic acid groups (broad SMARTS) is 5. The summed E-state index contributed by atoms with van der Waals surface area (Å²) in [5.74, 6) is -3.73. The second-order valence-electron chi connectivity index (χ2n) is 34.2. The van der Waals surface area contributed by atoms with Crippen molar-refractivity contribution in [3.05, 3.63) is 452 Å². The number of benzene rings is 14. The molecule has 0 spiro atoms. The van der Waals surface area contributed by atoms with Crippen LogP contribution in [0.2, 0.25) is 5.02 Å². The van der Waals surface area contributed by atoms with Gasteiger partial charge in [0.1, 0.15) is 23.1 Å². The van der Waals surface area contributed by atoms with E-state index >= 15 is 0 Å². The molecule has 0 unspecified atom stereocenters. The smallest absolute Gasteiger partial charge is 0.335 e. The molecule has 14 aromatic carbocycles. The summed E-state index contributed by atoms with van der Waals surface area (Å²) in [5, 5.41) is 45.9. The summed E-state index contributed by atoms with van der Waals surface area (Å²) in [6, 6.07) is 95.9. The van der Waals surface area contributed by atoms with Gasteiger partial charge in [0.2, 0.25) is 50.1 Å². The van der Waals surface area contributed by atoms with E-state index in [0.717, 1.165) is 68.5 Å². The van der Waals surface area contributed by atoms with Crippen molar-refractivity contribution in [2.45, 2.75) is 130 Å². The highest BCUT2D eigenvalue weighted by atomic mass is 35.5. The Labute approximate surface area is 855 Å². The molecule has 1 saturated carbocycles. The lowest BCUT2D eigenvalue weighted by Gasteiger charge is -2.31. The third-order valence-corrected chi connectivity index (χ3v) is 33.3. The van der Waals surface area contributed by atoms with E-state index in [1.807, 2.05) is 166 Å². The zero-order chi connectivity index (χ0) is 105. The molecule has 146 heavy (non-hydrogen) atoms. The molecule has 1 aliphatic carbocycles. The van der Waals surface area contributed by atoms with Crippen LogP contribution in [-0.4, -0.2) is 147 Å². The van der Waals surface area contributed by atoms with E-state index in [4.69, 9.17) is 46.2 Å². The molecule has 0 atom stereocenters. The van der Waals surface area contributed by atoms with Crippen LogP contribution in [0.5, 0.6) is 17.2 Å². The zero-order valence-corrected chi connectivity index (χ0v) is 85.5. The van der Waals surface area contributed by atoms with E-state index in [9.17, 15) is 75.6 Å². The highest BCUT2D eigenvalue weighted by Crippen LogP contribution is 2.35. The van der Waals surface area contributed by atoms with Gasteiger partial charge in [0.15, 0.2) is 0 Å². The molecule has 28 nitrogen and oxygen atoms in total. The fourth-order valence-corrected chi connectivity index (χ4v) is 22.8. The van der Waals surface area contributed by atoms with E-state index in [1.54, 1.807) is 106 Å². The largest absolute Gasteiger partial charge is 0.497 e. The van der Waals surface area contributed by atoms with Crippen LogP contribution in [-0.2, 0) is 114 Å². The second-order valence-corrected chi connectivity index (χ2v) is 44.3. The molecule has 0 heterocycles. The zero-order valence-electron chi connectivity index (χ0n) is 80.7. The van der Waals surface area contributed by atoms with Gasteiger partial charge in [-0.25, -0.2) is 65.7 Å². The van der Waals surface area contributed by atoms with Crippen molar-refractivity contribution in [2.75, 3.05) is 27.9 Å². The Hall–Kier alpha value is -14.4. The van der Waals surface area contributed by atoms with E-state index in [1.165, 1.54) is 143 Å². The predicted octanol–water partition coefficient (Wildman–Crippen LogP) is 20.6. The maximum Gasteiger partial charge on any atom is 0.335 e. The number of aliphatic carboxylic acids is 1. The summed E-state index contributed by atoms with van der Waals surface area (Å²) < 4.78 is 169. The number of aromatic carboxylic acids is 4. The summed E-state index contributed by atoms with van der Waals surface area (Å²) in [5.41, 5.74) is 10.4. The van der Waals surface area contributed by atoms with Crippen LogP contribution in [0.15, 0.2) is 376 Å². The molecule has 0 aliphatic heterocycles. The molecule has 0 amide bonds. The van der Waals surface area contributed by atoms with E-state index in [0.29, 0.717) is 52.8 Å². The quantitative estimate of drug-likeness (QED) is 0.0240. The Morgan fingerprint density at radius 1 is 0.295 bits per heavy atom. The van der Waals surface area contributed by atoms with Gasteiger partial charge in [-0.15, -0.1) is 0 Å². The summed E-state index contributed by atoms with van der Waals surface area (Å²) in [7, 11) is -14.5. The Kier molecular flexibility index (Phi) is 40.2. The van der Waals surface area contributed by atoms with Gasteiger partial charge in [0.05, 0.1) is 74.0 Å². The summed E-state index contributed by atoms with van der Waals surface area (Å²) in [4.78, 5) is 55.9. The SMILES string of the molecule is COc1ccc(CN(Cc2ccccc2C)S(=O)(=O)c2ccc(C(=O)O)cc2)cc1.COc1ccc(CN(Cc2ccccc2Cl)S(=O)(=O)c2ccc(C(=O)O)cc2)cc1.COc1cccc(CN(CC2CCC(C(=O)O)CC2)S(=O)(=O)c2ccc(C)cc2)c1.Cc1ccc(CN(Cc2ccccc2)S(=O)(=O)c2ccc(C(=O)O)cc2)cc1.O=C(O)c1ccc(S(=O)(=O)N(Cc2ccccc2)Cc2ccc(F)cc2)cc1. The number of carboxylic acids is 5. The molecule has 0 aromatic heterocycles. The minimum absolute atomic E-state index is 0.00413. The predicted molar refractivity (Wildman–Crippen MR) is 553 cm³/mol. The highest BCUT2D eigenvalue weighted by molar-refractivity contribution is 7.90. The summed E-state index contributed by atoms with van der Waals surface area (Å²) in [6.45, 7) is 7.62. The van der Waals surface area contributed by atoms with Crippen molar-refractivity contribution >= 4 is 91.6 Å². The van der Waals surface area contributed by atoms with E-state index < -0.39 is 85.8 Å². The number of sulfonamides is 5. The topological polar surface area (TPSA) is 401 Å². The fraction of sp³-hybridized carbons (Fsp3) is 0.198. The van der Waals surface area contributed by atoms with Crippen LogP contribution < -0.4 is 14.2 Å². The van der Waals surface area contributed by atoms with Crippen molar-refractivity contribution in [3.63, 3.8) is 0 Å². The Bertz CT molecular complexity index is 7000. The summed E-state index contributed by atoms with van der Waals surface area (Å²) in [6.07, 6.45) is 2.62. The van der Waals surface area contributed by atoms with Gasteiger partial charge in [-0.2, -0.15) is 21.5 Å². The number of methoxy groups -OCH3 is 3. The fourth-order valence-electron chi connectivity index (χ4n) is 15.5. The molecular weight excluding hydrogens is 1990 g/mol. The maximum atomic E-state index is 13.4. The van der Waals surface area contributed by atoms with Gasteiger partial charge in [-0.3, -0.25) is 4.79 Å². The van der Waals surface area contributed by atoms with Crippen LogP contribution in [0.4, 0.5) is 4.39 Å². The minimum atomic E-state index is -3.92. The molecule has 762 valence electrons. The second kappa shape index (κ2) is 52.4. The first kappa shape index (κ1) is 112. The lowest BCUT2D eigenvalue weighted by molar-refractivity contribution is -0.143. The van der Waals surface area contributed by atoms with Gasteiger partial charge in [-0.05, 0) is 272 Å². The average Bonchev–Trinajstić information content (AvgIpc) is 0.788. The third kappa shape index (κ3) is 31.8. The van der Waals surface area contributed by atoms with Crippen molar-refractivity contribution in [1.82, 2.24) is 21.5 Å². The average molecular weight is 2100 g/mol. The molecule has 35 heteroatoms. The number of ether oxygens (including phenoxy) is 3. The Morgan fingerprint density at radius 2 is 0.568 bits per heavy atom. The molecule has 15 rings (SSSR count). The first-order chi connectivity index (χ1) is 69.6. The van der Waals surface area contributed by atoms with Crippen molar-refractivity contribution in [3.8, 4) is 17.2 Å². The van der Waals surface area contributed by atoms with Crippen LogP contribution in [0.1, 0.15) is 134 Å². The molecule has 5 N–H and O–H groups in total. The molecular formula is C111H111ClFN5O23S5. The lowest BCUT2D eigenvalue weighted by atomic mass is 9.82. The van der Waals surface area contributed by atoms with Gasteiger partial charge in [0.25, 0.3) is 0 Å². The van der Waals surface area contributed by atoms with Crippen LogP contribution >= 0.6 is 11.6 Å². The number of hydrogen-bond donors (Lipinski definition) is 5. The summed E-state index contributed by atoms with van der Waals surface area (Å²) >= 11 is 6.26. The van der Waals surface area contributed by atoms with Gasteiger partial charge in [0, 0.05) is 70.5 Å². The molecule has 0 radical (unpaired) electrons. The number of nitrogens with zero attached hydrogens (tertiary/aromatic N) is 5. The number of rotatable bonds is 38. The van der Waals surface area contributed by atoms with Gasteiger partial charge < -0.3 is 39.7 Å². The Morgan fingerprint density at radius 3 is 0.904 bits per heavy atom. The first-order valence-electron chi connectivity index (χ1n) is 45.8. The van der Waals surface area contributed by atoms with Gasteiger partial charge >= 0.3 is 29.8 Å². The van der Waals surface area contributed by atoms with Crippen LogP contribution in [0.3, 0.4) is 0 Å². The van der Waals surface area contributed by atoms with E-state index in [-0.39, 0.29) is 117 Å². The molecule has 14 aromatic rings. The third-order valence-electron chi connectivity index (χ3n) is 23.9. The van der Waals surface area contributed by atoms with Crippen molar-refractivity contribution in [2.24, 2.45) is 11.8 Å². The standard InChI is InChI=1S/C23H29NO5S.C23H23NO5S.C22H20ClNO5S.C22H21NO4S.C21H18FNO4S/c1-17-6-12-22(13-7-17)30(27,28)24(16-19-4-3-5-21(14-19)29-2)15-18-8-10-20(11-9-18)23(25)26;1-17-5-3-4-6-20(17)16-24(15-18-7-11-21(29-2)12-8-18)30(27,28)22-13-9-19(10-14-22)23(25)26;1-29-19-10-6-16(7-11-19)14-24(15-18-4-2-3-5-21(18)23)30(27,28)20-12-8-17(9-13-20)22(25)26;1-17-7-9-19(10-8-17)16-23(15-18-5-3-2-4-6-18)28(26,27)21-13-11-20(12-14-21)22(24)25;22-19-10-6-17(7-11-19)15-23(14-16-4-2-1-3-5-16)28(26,27)20-12-8-18(9-13-20)21(24)25/h3-7,12-14,18,20H,8-11,15-16H2,1-2H3,(H,25,26);3-14H,15-16H2,1-2H3,(H,25,26);2-13H,14-15H2,1H3,(H,25,26);2-14H,15-16H2,1H3,(H,24,25);1-13H,14-15H2,(H,24,25). The first-order valence-corrected chi connectivity index (χ1v) is 53.4. The van der Waals surface area contributed by atoms with Crippen molar-refractivity contribution in [1.29, 1.82) is 0 Å². The molecule has 1 fully saturated rings. The number of carbonyl (C=O) groups is 5. The molecule has 1 aliphatic rings. The molecule has 0 saturated heterocycles. The van der Waals surface area contributed by atoms with Crippen LogP contribution in [0.25, 0.3) is 0 Å². The van der Waals surface area contributed by atoms with Gasteiger partial charge in [-0.1, -0.05) is 211 Å². The number of hydrogen-bond acceptors (Lipinski definition) is 18.